The largest absolute Gasteiger partial charge is 0.488 e. The highest BCUT2D eigenvalue weighted by molar-refractivity contribution is 5.75. The number of nitrogens with zero attached hydrogens (tertiary/aromatic N) is 1. The predicted molar refractivity (Wildman–Crippen MR) is 87.0 cm³/mol. The summed E-state index contributed by atoms with van der Waals surface area (Å²) in [4.78, 5) is 23.7. The molecule has 0 aliphatic rings. The average molecular weight is 309 g/mol. The maximum Gasteiger partial charge on any atom is 0.292 e. The van der Waals surface area contributed by atoms with Crippen LogP contribution in [0.2, 0.25) is 0 Å². The van der Waals surface area contributed by atoms with Crippen molar-refractivity contribution in [2.45, 2.75) is 45.6 Å². The topological polar surface area (TPSA) is 86.3 Å². The van der Waals surface area contributed by atoms with Gasteiger partial charge in [0.25, 0.3) is 5.56 Å². The van der Waals surface area contributed by atoms with E-state index in [4.69, 9.17) is 10.5 Å². The molecule has 1 rings (SSSR count). The highest BCUT2D eigenvalue weighted by Gasteiger charge is 2.06. The van der Waals surface area contributed by atoms with E-state index >= 15 is 0 Å². The number of unbranched alkanes of at least 4 members (excludes halogenated alkanes) is 3. The Morgan fingerprint density at radius 2 is 2.18 bits per heavy atom. The van der Waals surface area contributed by atoms with Crippen LogP contribution < -0.4 is 21.3 Å². The summed E-state index contributed by atoms with van der Waals surface area (Å²) in [6.45, 7) is 3.90. The summed E-state index contributed by atoms with van der Waals surface area (Å²) in [5, 5.41) is 2.68. The Bertz CT molecular complexity index is 500. The maximum absolute atomic E-state index is 12.2. The van der Waals surface area contributed by atoms with Gasteiger partial charge in [0.05, 0.1) is 6.61 Å². The van der Waals surface area contributed by atoms with Gasteiger partial charge in [0.1, 0.15) is 0 Å². The van der Waals surface area contributed by atoms with Crippen LogP contribution in [-0.2, 0) is 11.3 Å². The van der Waals surface area contributed by atoms with Crippen molar-refractivity contribution >= 4 is 5.91 Å². The van der Waals surface area contributed by atoms with Crippen molar-refractivity contribution in [2.75, 3.05) is 19.7 Å². The Balaban J connectivity index is 2.46. The average Bonchev–Trinajstić information content (AvgIpc) is 2.53. The first-order valence-electron chi connectivity index (χ1n) is 7.98. The van der Waals surface area contributed by atoms with Crippen molar-refractivity contribution in [3.63, 3.8) is 0 Å². The van der Waals surface area contributed by atoms with Gasteiger partial charge in [0.15, 0.2) is 5.75 Å². The third-order valence-corrected chi connectivity index (χ3v) is 3.29. The number of amides is 1. The van der Waals surface area contributed by atoms with Crippen LogP contribution in [0.4, 0.5) is 0 Å². The minimum atomic E-state index is -0.190. The van der Waals surface area contributed by atoms with Gasteiger partial charge in [-0.05, 0) is 18.6 Å². The standard InChI is InChI=1S/C16H27N3O3/c1-2-3-4-5-13-22-14-7-6-11-19(16(14)21)12-8-15(20)18-10-9-17/h6-7,11H,2-5,8-10,12-13,17H2,1H3,(H,18,20). The van der Waals surface area contributed by atoms with E-state index in [2.05, 4.69) is 12.2 Å². The van der Waals surface area contributed by atoms with E-state index in [1.54, 1.807) is 18.3 Å². The molecule has 0 aliphatic carbocycles. The van der Waals surface area contributed by atoms with Gasteiger partial charge in [0.2, 0.25) is 5.91 Å². The summed E-state index contributed by atoms with van der Waals surface area (Å²) in [6.07, 6.45) is 6.33. The highest BCUT2D eigenvalue weighted by Crippen LogP contribution is 2.05. The van der Waals surface area contributed by atoms with Crippen LogP contribution in [0.15, 0.2) is 23.1 Å². The molecule has 0 aliphatic heterocycles. The number of ether oxygens (including phenoxy) is 1. The van der Waals surface area contributed by atoms with E-state index in [1.807, 2.05) is 0 Å². The Labute approximate surface area is 131 Å². The van der Waals surface area contributed by atoms with Gasteiger partial charge in [-0.3, -0.25) is 9.59 Å². The van der Waals surface area contributed by atoms with Crippen molar-refractivity contribution in [1.82, 2.24) is 9.88 Å². The molecule has 1 aromatic heterocycles. The lowest BCUT2D eigenvalue weighted by atomic mass is 10.2. The maximum atomic E-state index is 12.2. The van der Waals surface area contributed by atoms with E-state index in [9.17, 15) is 9.59 Å². The SMILES string of the molecule is CCCCCCOc1cccn(CCC(=O)NCCN)c1=O. The Kier molecular flexibility index (Phi) is 8.98. The molecule has 6 nitrogen and oxygen atoms in total. The number of rotatable bonds is 11. The van der Waals surface area contributed by atoms with Gasteiger partial charge in [-0.15, -0.1) is 0 Å². The zero-order chi connectivity index (χ0) is 16.2. The fourth-order valence-corrected chi connectivity index (χ4v) is 2.03. The molecule has 1 heterocycles. The molecule has 0 saturated carbocycles. The van der Waals surface area contributed by atoms with Crippen LogP contribution in [-0.4, -0.2) is 30.2 Å². The molecule has 124 valence electrons. The van der Waals surface area contributed by atoms with Crippen LogP contribution in [0.5, 0.6) is 5.75 Å². The molecular formula is C16H27N3O3. The van der Waals surface area contributed by atoms with E-state index in [0.717, 1.165) is 12.8 Å². The fraction of sp³-hybridized carbons (Fsp3) is 0.625. The number of hydrogen-bond donors (Lipinski definition) is 2. The smallest absolute Gasteiger partial charge is 0.292 e. The molecule has 0 unspecified atom stereocenters. The third-order valence-electron chi connectivity index (χ3n) is 3.29. The lowest BCUT2D eigenvalue weighted by Crippen LogP contribution is -2.31. The van der Waals surface area contributed by atoms with Crippen LogP contribution >= 0.6 is 0 Å². The zero-order valence-electron chi connectivity index (χ0n) is 13.3. The number of nitrogens with one attached hydrogen (secondary N) is 1. The Hall–Kier alpha value is -1.82. The summed E-state index contributed by atoms with van der Waals surface area (Å²) in [5.74, 6) is 0.240. The molecule has 0 fully saturated rings. The van der Waals surface area contributed by atoms with Gasteiger partial charge in [-0.2, -0.15) is 0 Å². The Morgan fingerprint density at radius 1 is 1.36 bits per heavy atom. The van der Waals surface area contributed by atoms with E-state index in [1.165, 1.54) is 17.4 Å². The van der Waals surface area contributed by atoms with Gasteiger partial charge in [0, 0.05) is 32.3 Å². The van der Waals surface area contributed by atoms with E-state index in [0.29, 0.717) is 32.0 Å². The second-order valence-electron chi connectivity index (χ2n) is 5.17. The quantitative estimate of drug-likeness (QED) is 0.603. The number of hydrogen-bond acceptors (Lipinski definition) is 4. The van der Waals surface area contributed by atoms with Crippen LogP contribution in [0, 0.1) is 0 Å². The predicted octanol–water partition coefficient (Wildman–Crippen LogP) is 1.27. The molecular weight excluding hydrogens is 282 g/mol. The Morgan fingerprint density at radius 3 is 2.91 bits per heavy atom. The number of nitrogens with two attached hydrogens (primary N) is 1. The highest BCUT2D eigenvalue weighted by atomic mass is 16.5. The fourth-order valence-electron chi connectivity index (χ4n) is 2.03. The summed E-state index contributed by atoms with van der Waals surface area (Å²) in [7, 11) is 0. The van der Waals surface area contributed by atoms with Crippen molar-refractivity contribution in [3.05, 3.63) is 28.7 Å². The molecule has 0 bridgehead atoms. The summed E-state index contributed by atoms with van der Waals surface area (Å²) in [5.41, 5.74) is 5.13. The lowest BCUT2D eigenvalue weighted by Gasteiger charge is -2.09. The second-order valence-corrected chi connectivity index (χ2v) is 5.17. The lowest BCUT2D eigenvalue weighted by molar-refractivity contribution is -0.121. The molecule has 3 N–H and O–H groups in total. The van der Waals surface area contributed by atoms with Gasteiger partial charge < -0.3 is 20.4 Å². The third kappa shape index (κ3) is 6.76. The molecule has 0 atom stereocenters. The molecule has 0 radical (unpaired) electrons. The van der Waals surface area contributed by atoms with E-state index < -0.39 is 0 Å². The van der Waals surface area contributed by atoms with Crippen molar-refractivity contribution < 1.29 is 9.53 Å². The number of carbonyl (C=O) groups is 1. The van der Waals surface area contributed by atoms with Gasteiger partial charge in [-0.25, -0.2) is 0 Å². The summed E-state index contributed by atoms with van der Waals surface area (Å²) in [6, 6.07) is 3.44. The van der Waals surface area contributed by atoms with Crippen LogP contribution in [0.1, 0.15) is 39.0 Å². The first kappa shape index (κ1) is 18.2. The molecule has 0 saturated heterocycles. The minimum absolute atomic E-state index is 0.108. The van der Waals surface area contributed by atoms with Gasteiger partial charge in [-0.1, -0.05) is 26.2 Å². The first-order valence-corrected chi connectivity index (χ1v) is 7.98. The van der Waals surface area contributed by atoms with E-state index in [-0.39, 0.29) is 17.9 Å². The van der Waals surface area contributed by atoms with Crippen LogP contribution in [0.3, 0.4) is 0 Å². The number of aromatic nitrogens is 1. The van der Waals surface area contributed by atoms with Crippen molar-refractivity contribution in [2.24, 2.45) is 5.73 Å². The first-order chi connectivity index (χ1) is 10.7. The minimum Gasteiger partial charge on any atom is -0.488 e. The molecule has 0 aromatic carbocycles. The summed E-state index contributed by atoms with van der Waals surface area (Å²) >= 11 is 0. The van der Waals surface area contributed by atoms with Crippen LogP contribution in [0.25, 0.3) is 0 Å². The molecule has 0 spiro atoms. The molecule has 6 heteroatoms. The zero-order valence-corrected chi connectivity index (χ0v) is 13.3. The molecule has 1 amide bonds. The number of carbonyl (C=O) groups excluding carboxylic acids is 1. The normalized spacial score (nSPS) is 10.5. The second kappa shape index (κ2) is 10.8. The van der Waals surface area contributed by atoms with Gasteiger partial charge >= 0.3 is 0 Å². The molecule has 22 heavy (non-hydrogen) atoms. The van der Waals surface area contributed by atoms with Crippen molar-refractivity contribution in [3.8, 4) is 5.75 Å². The monoisotopic (exact) mass is 309 g/mol. The summed E-state index contributed by atoms with van der Waals surface area (Å²) < 4.78 is 7.05. The number of pyridine rings is 1. The number of aryl methyl sites for hydroxylation is 1. The van der Waals surface area contributed by atoms with Crippen molar-refractivity contribution in [1.29, 1.82) is 0 Å². The molecule has 1 aromatic rings.